The minimum atomic E-state index is -0.377. The van der Waals surface area contributed by atoms with Gasteiger partial charge in [-0.05, 0) is 23.7 Å². The summed E-state index contributed by atoms with van der Waals surface area (Å²) in [4.78, 5) is 0. The van der Waals surface area contributed by atoms with E-state index < -0.39 is 0 Å². The Morgan fingerprint density at radius 1 is 1.50 bits per heavy atom. The van der Waals surface area contributed by atoms with E-state index in [9.17, 15) is 4.39 Å². The third-order valence-corrected chi connectivity index (χ3v) is 2.30. The first-order valence-electron chi connectivity index (χ1n) is 3.25. The lowest BCUT2D eigenvalue weighted by molar-refractivity contribution is 0.639. The lowest BCUT2D eigenvalue weighted by atomic mass is 10.2. The number of rotatable bonds is 0. The molecule has 0 amide bonds. The van der Waals surface area contributed by atoms with Crippen LogP contribution in [0.2, 0.25) is 0 Å². The van der Waals surface area contributed by atoms with Crippen LogP contribution in [-0.2, 0) is 0 Å². The van der Waals surface area contributed by atoms with Crippen LogP contribution in [0.3, 0.4) is 0 Å². The Labute approximate surface area is 72.0 Å². The molecule has 1 heterocycles. The second-order valence-electron chi connectivity index (χ2n) is 2.31. The molecule has 0 aliphatic rings. The fraction of sp³-hybridized carbons (Fsp3) is 0. The van der Waals surface area contributed by atoms with Crippen LogP contribution >= 0.6 is 11.5 Å². The smallest absolute Gasteiger partial charge is 0.134 e. The summed E-state index contributed by atoms with van der Waals surface area (Å²) in [6, 6.07) is 4.74. The van der Waals surface area contributed by atoms with Gasteiger partial charge in [0.2, 0.25) is 0 Å². The Balaban J connectivity index is 2.86. The second kappa shape index (κ2) is 2.54. The Kier molecular flexibility index (Phi) is 1.52. The minimum Gasteiger partial charge on any atom is -0.206 e. The number of aromatic nitrogens is 1. The third kappa shape index (κ3) is 0.953. The van der Waals surface area contributed by atoms with Crippen LogP contribution in [0.4, 0.5) is 4.39 Å². The van der Waals surface area contributed by atoms with E-state index in [1.165, 1.54) is 23.8 Å². The van der Waals surface area contributed by atoms with Gasteiger partial charge >= 0.3 is 0 Å². The van der Waals surface area contributed by atoms with Crippen molar-refractivity contribution in [2.24, 2.45) is 0 Å². The standard InChI is InChI=1S/C8H3FN2S/c9-7-1-5(3-10)2-8-6(7)4-11-12-8/h1-2,4H. The number of hydrogen-bond donors (Lipinski definition) is 0. The Hall–Kier alpha value is -1.47. The molecule has 0 radical (unpaired) electrons. The molecule has 2 rings (SSSR count). The van der Waals surface area contributed by atoms with Gasteiger partial charge in [-0.1, -0.05) is 0 Å². The highest BCUT2D eigenvalue weighted by atomic mass is 32.1. The zero-order chi connectivity index (χ0) is 8.55. The summed E-state index contributed by atoms with van der Waals surface area (Å²) >= 11 is 1.19. The van der Waals surface area contributed by atoms with Crippen molar-refractivity contribution in [1.82, 2.24) is 4.37 Å². The van der Waals surface area contributed by atoms with Crippen LogP contribution in [0.25, 0.3) is 10.1 Å². The van der Waals surface area contributed by atoms with E-state index >= 15 is 0 Å². The molecule has 1 aromatic heterocycles. The molecule has 58 valence electrons. The highest BCUT2D eigenvalue weighted by Crippen LogP contribution is 2.22. The topological polar surface area (TPSA) is 36.7 Å². The summed E-state index contributed by atoms with van der Waals surface area (Å²) in [5.74, 6) is -0.377. The summed E-state index contributed by atoms with van der Waals surface area (Å²) in [6.45, 7) is 0. The Morgan fingerprint density at radius 2 is 2.33 bits per heavy atom. The summed E-state index contributed by atoms with van der Waals surface area (Å²) in [6.07, 6.45) is 1.47. The molecule has 0 fully saturated rings. The molecule has 4 heteroatoms. The van der Waals surface area contributed by atoms with E-state index in [1.54, 1.807) is 6.07 Å². The molecular formula is C8H3FN2S. The largest absolute Gasteiger partial charge is 0.206 e. The molecule has 0 atom stereocenters. The van der Waals surface area contributed by atoms with Gasteiger partial charge in [0, 0.05) is 5.39 Å². The molecule has 0 spiro atoms. The summed E-state index contributed by atoms with van der Waals surface area (Å²) in [5, 5.41) is 9.01. The van der Waals surface area contributed by atoms with E-state index in [0.29, 0.717) is 15.6 Å². The number of hydrogen-bond acceptors (Lipinski definition) is 3. The molecule has 0 saturated carbocycles. The van der Waals surface area contributed by atoms with Gasteiger partial charge in [0.05, 0.1) is 22.5 Å². The Bertz CT molecular complexity index is 469. The van der Waals surface area contributed by atoms with Gasteiger partial charge < -0.3 is 0 Å². The number of nitrogens with zero attached hydrogens (tertiary/aromatic N) is 2. The molecule has 12 heavy (non-hydrogen) atoms. The lowest BCUT2D eigenvalue weighted by Crippen LogP contribution is -1.78. The van der Waals surface area contributed by atoms with Crippen molar-refractivity contribution in [3.8, 4) is 6.07 Å². The quantitative estimate of drug-likeness (QED) is 0.620. The van der Waals surface area contributed by atoms with E-state index in [4.69, 9.17) is 5.26 Å². The van der Waals surface area contributed by atoms with Crippen molar-refractivity contribution in [3.05, 3.63) is 29.7 Å². The van der Waals surface area contributed by atoms with Crippen LogP contribution < -0.4 is 0 Å². The molecule has 0 bridgehead atoms. The van der Waals surface area contributed by atoms with Crippen molar-refractivity contribution < 1.29 is 4.39 Å². The number of halogens is 1. The van der Waals surface area contributed by atoms with Gasteiger partial charge in [0.25, 0.3) is 0 Å². The lowest BCUT2D eigenvalue weighted by Gasteiger charge is -1.91. The fourth-order valence-corrected chi connectivity index (χ4v) is 1.69. The highest BCUT2D eigenvalue weighted by molar-refractivity contribution is 7.13. The van der Waals surface area contributed by atoms with E-state index in [0.717, 1.165) is 0 Å². The van der Waals surface area contributed by atoms with Crippen LogP contribution in [0, 0.1) is 17.1 Å². The first-order valence-corrected chi connectivity index (χ1v) is 4.02. The first kappa shape index (κ1) is 7.19. The summed E-state index contributed by atoms with van der Waals surface area (Å²) < 4.78 is 17.6. The van der Waals surface area contributed by atoms with Crippen molar-refractivity contribution >= 4 is 21.6 Å². The highest BCUT2D eigenvalue weighted by Gasteiger charge is 2.04. The van der Waals surface area contributed by atoms with Crippen molar-refractivity contribution in [3.63, 3.8) is 0 Å². The van der Waals surface area contributed by atoms with Crippen LogP contribution in [-0.4, -0.2) is 4.37 Å². The maximum Gasteiger partial charge on any atom is 0.134 e. The zero-order valence-electron chi connectivity index (χ0n) is 5.91. The fourth-order valence-electron chi connectivity index (χ4n) is 0.994. The normalized spacial score (nSPS) is 10.0. The third-order valence-electron chi connectivity index (χ3n) is 1.55. The average molecular weight is 178 g/mol. The molecule has 0 saturated heterocycles. The summed E-state index contributed by atoms with van der Waals surface area (Å²) in [7, 11) is 0. The van der Waals surface area contributed by atoms with Gasteiger partial charge in [-0.25, -0.2) is 4.39 Å². The van der Waals surface area contributed by atoms with E-state index in [2.05, 4.69) is 4.37 Å². The average Bonchev–Trinajstić information content (AvgIpc) is 2.52. The van der Waals surface area contributed by atoms with Crippen molar-refractivity contribution in [1.29, 1.82) is 5.26 Å². The van der Waals surface area contributed by atoms with Crippen LogP contribution in [0.1, 0.15) is 5.56 Å². The van der Waals surface area contributed by atoms with E-state index in [1.807, 2.05) is 6.07 Å². The van der Waals surface area contributed by atoms with Crippen molar-refractivity contribution in [2.45, 2.75) is 0 Å². The molecule has 0 unspecified atom stereocenters. The van der Waals surface area contributed by atoms with Gasteiger partial charge in [-0.2, -0.15) is 9.64 Å². The molecule has 2 nitrogen and oxygen atoms in total. The molecule has 0 N–H and O–H groups in total. The monoisotopic (exact) mass is 178 g/mol. The van der Waals surface area contributed by atoms with Gasteiger partial charge in [-0.15, -0.1) is 0 Å². The van der Waals surface area contributed by atoms with Crippen LogP contribution in [0.15, 0.2) is 18.3 Å². The number of nitriles is 1. The van der Waals surface area contributed by atoms with Gasteiger partial charge in [0.1, 0.15) is 5.82 Å². The van der Waals surface area contributed by atoms with Crippen LogP contribution in [0.5, 0.6) is 0 Å². The first-order chi connectivity index (χ1) is 5.81. The SMILES string of the molecule is N#Cc1cc(F)c2cnsc2c1. The zero-order valence-corrected chi connectivity index (χ0v) is 6.73. The number of fused-ring (bicyclic) bond motifs is 1. The maximum atomic E-state index is 13.1. The van der Waals surface area contributed by atoms with Crippen molar-refractivity contribution in [2.75, 3.05) is 0 Å². The molecule has 0 aliphatic heterocycles. The second-order valence-corrected chi connectivity index (χ2v) is 3.14. The predicted molar refractivity (Wildman–Crippen MR) is 44.3 cm³/mol. The minimum absolute atomic E-state index is 0.337. The molecule has 0 aliphatic carbocycles. The maximum absolute atomic E-state index is 13.1. The summed E-state index contributed by atoms with van der Waals surface area (Å²) in [5.41, 5.74) is 0.337. The van der Waals surface area contributed by atoms with E-state index in [-0.39, 0.29) is 5.82 Å². The Morgan fingerprint density at radius 3 is 3.08 bits per heavy atom. The predicted octanol–water partition coefficient (Wildman–Crippen LogP) is 2.31. The van der Waals surface area contributed by atoms with Gasteiger partial charge in [0.15, 0.2) is 0 Å². The number of benzene rings is 1. The molecular weight excluding hydrogens is 175 g/mol. The molecule has 2 aromatic rings. The van der Waals surface area contributed by atoms with Gasteiger partial charge in [-0.3, -0.25) is 0 Å². The molecule has 1 aromatic carbocycles.